The Balaban J connectivity index is -0.000000762. The van der Waals surface area contributed by atoms with E-state index < -0.39 is 26.2 Å². The molecule has 0 bridgehead atoms. The summed E-state index contributed by atoms with van der Waals surface area (Å²) in [6.45, 7) is 1.65. The molecule has 0 aliphatic rings. The van der Waals surface area contributed by atoms with Crippen LogP contribution < -0.4 is 21.3 Å². The highest BCUT2D eigenvalue weighted by molar-refractivity contribution is 7.89. The van der Waals surface area contributed by atoms with Crippen LogP contribution in [-0.4, -0.2) is 51.3 Å². The van der Waals surface area contributed by atoms with Crippen LogP contribution in [0.1, 0.15) is 14.4 Å². The minimum absolute atomic E-state index is 0. The molecule has 0 aliphatic heterocycles. The number of aromatic nitrogens is 2. The molecule has 10 N–H and O–H groups in total. The molecule has 1 heterocycles. The van der Waals surface area contributed by atoms with Gasteiger partial charge in [0.1, 0.15) is 4.90 Å². The first-order valence-electron chi connectivity index (χ1n) is 9.14. The predicted octanol–water partition coefficient (Wildman–Crippen LogP) is 2.36. The van der Waals surface area contributed by atoms with E-state index in [2.05, 4.69) is 53.3 Å². The molecule has 0 saturated carbocycles. The van der Waals surface area contributed by atoms with E-state index in [-0.39, 0.29) is 29.2 Å². The van der Waals surface area contributed by atoms with E-state index in [4.69, 9.17) is 20.1 Å². The molecule has 37 heavy (non-hydrogen) atoms. The maximum Gasteiger partial charge on any atom is 0.251 e. The van der Waals surface area contributed by atoms with Crippen molar-refractivity contribution in [3.05, 3.63) is 60.5 Å². The Hall–Kier alpha value is -3.81. The summed E-state index contributed by atoms with van der Waals surface area (Å²) in [7, 11) is -2.55. The van der Waals surface area contributed by atoms with Crippen molar-refractivity contribution in [3.63, 3.8) is 0 Å². The number of terminal acetylenes is 1. The van der Waals surface area contributed by atoms with Crippen molar-refractivity contribution >= 4 is 44.8 Å². The van der Waals surface area contributed by atoms with Crippen molar-refractivity contribution in [1.82, 2.24) is 9.78 Å². The number of ether oxygens (including phenoxy) is 1. The number of sulfonamides is 1. The number of nitrogens with zero attached hydrogens (tertiary/aromatic N) is 2. The molecule has 3 rings (SSSR count). The first kappa shape index (κ1) is 37.7. The lowest BCUT2D eigenvalue weighted by atomic mass is 10.1. The number of aliphatic hydroxyl groups is 2. The molecule has 0 radical (unpaired) electrons. The molecule has 0 amide bonds. The number of hydrogen-bond acceptors (Lipinski definition) is 6. The number of thiocarbonyl (C=S) groups is 2. The maximum absolute atomic E-state index is 14.0. The molecule has 0 aliphatic carbocycles. The molecule has 11 nitrogen and oxygen atoms in total. The molecule has 2 aromatic carbocycles. The van der Waals surface area contributed by atoms with Gasteiger partial charge >= 0.3 is 0 Å². The quantitative estimate of drug-likeness (QED) is 0.226. The average Bonchev–Trinajstić information content (AvgIpc) is 3.23. The summed E-state index contributed by atoms with van der Waals surface area (Å²) >= 11 is 7.74. The van der Waals surface area contributed by atoms with E-state index in [1.165, 1.54) is 36.2 Å². The molecule has 0 spiro atoms. The monoisotopic (exact) mass is 575 g/mol. The summed E-state index contributed by atoms with van der Waals surface area (Å²) in [4.78, 5) is -0.0658. The molecule has 1 aromatic heterocycles. The molecule has 0 atom stereocenters. The minimum atomic E-state index is -3.93. The van der Waals surface area contributed by atoms with Gasteiger partial charge in [-0.05, 0) is 67.8 Å². The van der Waals surface area contributed by atoms with Crippen molar-refractivity contribution < 1.29 is 33.2 Å². The lowest BCUT2D eigenvalue weighted by molar-refractivity contribution is 0.386. The molecular weight excluding hydrogens is 545 g/mol. The fourth-order valence-corrected chi connectivity index (χ4v) is 3.13. The Morgan fingerprint density at radius 2 is 1.62 bits per heavy atom. The average molecular weight is 576 g/mol. The second-order valence-electron chi connectivity index (χ2n) is 5.96. The van der Waals surface area contributed by atoms with Gasteiger partial charge in [-0.1, -0.05) is 19.6 Å². The van der Waals surface area contributed by atoms with Gasteiger partial charge < -0.3 is 31.9 Å². The van der Waals surface area contributed by atoms with Gasteiger partial charge in [0.05, 0.1) is 24.7 Å². The second kappa shape index (κ2) is 18.5. The normalized spacial score (nSPS) is 8.95. The first-order chi connectivity index (χ1) is 16.3. The second-order valence-corrected chi connectivity index (χ2v) is 8.32. The van der Waals surface area contributed by atoms with Crippen LogP contribution in [0, 0.1) is 18.2 Å². The van der Waals surface area contributed by atoms with Crippen molar-refractivity contribution in [2.45, 2.75) is 19.2 Å². The summed E-state index contributed by atoms with van der Waals surface area (Å²) < 4.78 is 43.9. The van der Waals surface area contributed by atoms with Gasteiger partial charge in [0, 0.05) is 5.56 Å². The summed E-state index contributed by atoms with van der Waals surface area (Å²) in [6.07, 6.45) is 6.09. The first-order valence-corrected chi connectivity index (χ1v) is 11.5. The van der Waals surface area contributed by atoms with Crippen LogP contribution >= 0.6 is 24.4 Å². The Kier molecular flexibility index (Phi) is 18.8. The van der Waals surface area contributed by atoms with Gasteiger partial charge in [-0.3, -0.25) is 0 Å². The topological polar surface area (TPSA) is 211 Å². The zero-order valence-electron chi connectivity index (χ0n) is 19.1. The van der Waals surface area contributed by atoms with Crippen LogP contribution in [0.3, 0.4) is 0 Å². The summed E-state index contributed by atoms with van der Waals surface area (Å²) in [5, 5.41) is 23.6. The number of para-hydroxylation sites is 1. The van der Waals surface area contributed by atoms with E-state index in [0.717, 1.165) is 0 Å². The van der Waals surface area contributed by atoms with Crippen LogP contribution in [0.25, 0.3) is 16.9 Å². The highest BCUT2D eigenvalue weighted by Gasteiger charge is 2.18. The number of primary sulfonamides is 1. The highest BCUT2D eigenvalue weighted by Crippen LogP contribution is 2.28. The molecule has 3 aromatic rings. The fourth-order valence-electron chi connectivity index (χ4n) is 2.41. The Labute approximate surface area is 226 Å². The fraction of sp³-hybridized carbons (Fsp3) is 0.136. The molecule has 0 saturated heterocycles. The number of rotatable bonds is 4. The molecule has 0 fully saturated rings. The number of methoxy groups -OCH3 is 1. The van der Waals surface area contributed by atoms with E-state index in [1.54, 1.807) is 37.3 Å². The lowest BCUT2D eigenvalue weighted by Gasteiger charge is -2.12. The third-order valence-corrected chi connectivity index (χ3v) is 4.45. The predicted molar refractivity (Wildman–Crippen MR) is 151 cm³/mol. The number of hydrogen-bond donors (Lipinski definition) is 5. The minimum Gasteiger partial charge on any atom is -0.494 e. The Bertz CT molecular complexity index is 1270. The van der Waals surface area contributed by atoms with Crippen molar-refractivity contribution in [1.29, 1.82) is 0 Å². The van der Waals surface area contributed by atoms with Crippen LogP contribution in [-0.2, 0) is 10.0 Å². The van der Waals surface area contributed by atoms with E-state index in [1.807, 2.05) is 0 Å². The zero-order valence-corrected chi connectivity index (χ0v) is 21.6. The van der Waals surface area contributed by atoms with Gasteiger partial charge in [-0.2, -0.15) is 5.10 Å². The number of aliphatic hydroxyl groups excluding tert-OH is 2. The summed E-state index contributed by atoms with van der Waals surface area (Å²) in [5.41, 5.74) is 10.1. The molecule has 0 unspecified atom stereocenters. The van der Waals surface area contributed by atoms with Crippen molar-refractivity contribution in [2.24, 2.45) is 16.6 Å². The largest absolute Gasteiger partial charge is 0.494 e. The van der Waals surface area contributed by atoms with Gasteiger partial charge in [0.15, 0.2) is 11.6 Å². The molecular formula is C22H30FN5O6S3. The van der Waals surface area contributed by atoms with E-state index in [9.17, 15) is 12.8 Å². The van der Waals surface area contributed by atoms with Crippen LogP contribution in [0.4, 0.5) is 4.39 Å². The van der Waals surface area contributed by atoms with Crippen LogP contribution in [0.2, 0.25) is 0 Å². The standard InChI is InChI=1S/C16H14FN3O3S.C3H4.2CH3NOS.CH4.H2O/c1-23-15-7-6-11(10-12(15)17)13-8-9-19-20(13)14-4-2-3-5-16(14)24(18,21)22;1-3-2;2*2-1(3)4;;/h2-10H,1H3,(H2,18,21,22);1H,2H3;2*(H3,2,3,4);1H4;1H2. The van der Waals surface area contributed by atoms with Crippen LogP contribution in [0.15, 0.2) is 59.6 Å². The molecule has 15 heteroatoms. The summed E-state index contributed by atoms with van der Waals surface area (Å²) in [5.74, 6) is 1.84. The smallest absolute Gasteiger partial charge is 0.251 e. The third kappa shape index (κ3) is 13.8. The maximum atomic E-state index is 14.0. The summed E-state index contributed by atoms with van der Waals surface area (Å²) in [6, 6.07) is 12.3. The van der Waals surface area contributed by atoms with Crippen molar-refractivity contribution in [2.75, 3.05) is 7.11 Å². The van der Waals surface area contributed by atoms with Gasteiger partial charge in [-0.15, -0.1) is 12.3 Å². The van der Waals surface area contributed by atoms with E-state index >= 15 is 0 Å². The van der Waals surface area contributed by atoms with E-state index in [0.29, 0.717) is 11.3 Å². The van der Waals surface area contributed by atoms with Gasteiger partial charge in [0.25, 0.3) is 10.3 Å². The Morgan fingerprint density at radius 3 is 2.05 bits per heavy atom. The number of benzene rings is 2. The number of halogens is 1. The SMILES string of the molecule is C.C#CC.COc1ccc(-c2ccnn2-c2ccccc2S(N)(=O)=O)cc1F.NC(O)=S.NC(O)=S.O. The lowest BCUT2D eigenvalue weighted by Crippen LogP contribution is -2.16. The third-order valence-electron chi connectivity index (χ3n) is 3.49. The van der Waals surface area contributed by atoms with Crippen LogP contribution in [0.5, 0.6) is 5.75 Å². The van der Waals surface area contributed by atoms with Gasteiger partial charge in [0.2, 0.25) is 10.0 Å². The molecule has 204 valence electrons. The highest BCUT2D eigenvalue weighted by atomic mass is 32.2. The zero-order chi connectivity index (χ0) is 27.2. The number of nitrogens with two attached hydrogens (primary N) is 3. The Morgan fingerprint density at radius 1 is 1.14 bits per heavy atom. The van der Waals surface area contributed by atoms with Crippen molar-refractivity contribution in [3.8, 4) is 35.0 Å². The van der Waals surface area contributed by atoms with Gasteiger partial charge in [-0.25, -0.2) is 22.6 Å².